The minimum absolute atomic E-state index is 0.0482. The number of carbonyl (C=O) groups is 1. The summed E-state index contributed by atoms with van der Waals surface area (Å²) in [5.41, 5.74) is -2.46. The maximum absolute atomic E-state index is 13.8. The fourth-order valence-corrected chi connectivity index (χ4v) is 2.25. The third kappa shape index (κ3) is 3.96. The molecule has 2 N–H and O–H groups in total. The van der Waals surface area contributed by atoms with Crippen molar-refractivity contribution in [1.82, 2.24) is 0 Å². The van der Waals surface area contributed by atoms with E-state index in [1.807, 2.05) is 0 Å². The Balaban J connectivity index is 2.61. The molecule has 2 aromatic rings. The highest BCUT2D eigenvalue weighted by molar-refractivity contribution is 6.10. The minimum Gasteiger partial charge on any atom is -0.462 e. The van der Waals surface area contributed by atoms with Gasteiger partial charge < -0.3 is 15.5 Å². The van der Waals surface area contributed by atoms with Gasteiger partial charge in [0, 0.05) is 22.7 Å². The number of esters is 1. The normalized spacial score (nSPS) is 12.5. The molecular weight excluding hydrogens is 340 g/mol. The quantitative estimate of drug-likeness (QED) is 0.362. The topological polar surface area (TPSA) is 62.2 Å². The second kappa shape index (κ2) is 7.33. The molecule has 0 aliphatic rings. The van der Waals surface area contributed by atoms with Gasteiger partial charge in [0.15, 0.2) is 0 Å². The van der Waals surface area contributed by atoms with E-state index in [-0.39, 0.29) is 29.3 Å². The Hall–Kier alpha value is -2.90. The Kier molecular flexibility index (Phi) is 5.41. The number of nitrogens with one attached hydrogen (secondary N) is 2. The van der Waals surface area contributed by atoms with Crippen LogP contribution in [0.5, 0.6) is 0 Å². The number of allylic oxidation sites excluding steroid dienone is 1. The molecule has 0 bridgehead atoms. The number of rotatable bonds is 5. The smallest absolute Gasteiger partial charge is 0.432 e. The van der Waals surface area contributed by atoms with Crippen LogP contribution in [0.1, 0.15) is 6.92 Å². The molecule has 0 heterocycles. The second-order valence-electron chi connectivity index (χ2n) is 4.92. The van der Waals surface area contributed by atoms with E-state index in [2.05, 4.69) is 10.1 Å². The Morgan fingerprint density at radius 1 is 1.20 bits per heavy atom. The van der Waals surface area contributed by atoms with E-state index in [9.17, 15) is 22.4 Å². The highest BCUT2D eigenvalue weighted by atomic mass is 19.4. The molecule has 2 aromatic carbocycles. The van der Waals surface area contributed by atoms with Crippen LogP contribution in [0.15, 0.2) is 47.7 Å². The first-order valence-corrected chi connectivity index (χ1v) is 7.23. The number of alkyl halides is 3. The Morgan fingerprint density at radius 2 is 1.84 bits per heavy atom. The highest BCUT2D eigenvalue weighted by Gasteiger charge is 2.39. The van der Waals surface area contributed by atoms with Gasteiger partial charge in [0.2, 0.25) is 0 Å². The van der Waals surface area contributed by atoms with Crippen LogP contribution in [0.3, 0.4) is 0 Å². The van der Waals surface area contributed by atoms with Crippen molar-refractivity contribution >= 4 is 28.6 Å². The lowest BCUT2D eigenvalue weighted by atomic mass is 10.1. The summed E-state index contributed by atoms with van der Waals surface area (Å²) >= 11 is 0. The Morgan fingerprint density at radius 3 is 2.44 bits per heavy atom. The number of ether oxygens (including phenoxy) is 1. The van der Waals surface area contributed by atoms with Crippen LogP contribution in [0, 0.1) is 11.2 Å². The van der Waals surface area contributed by atoms with Crippen LogP contribution in [0.4, 0.5) is 23.2 Å². The number of benzene rings is 2. The zero-order chi connectivity index (χ0) is 18.6. The molecule has 0 aliphatic heterocycles. The van der Waals surface area contributed by atoms with E-state index >= 15 is 0 Å². The molecule has 0 unspecified atom stereocenters. The SMILES string of the molecule is CCOC(=O)/C(C=N)=C(/Nc1cccc2c(F)cccc12)C(F)(F)F. The van der Waals surface area contributed by atoms with Crippen molar-refractivity contribution in [3.63, 3.8) is 0 Å². The summed E-state index contributed by atoms with van der Waals surface area (Å²) < 4.78 is 58.6. The van der Waals surface area contributed by atoms with Crippen LogP contribution < -0.4 is 5.32 Å². The zero-order valence-corrected chi connectivity index (χ0v) is 13.1. The number of fused-ring (bicyclic) bond motifs is 1. The van der Waals surface area contributed by atoms with E-state index in [4.69, 9.17) is 5.41 Å². The number of hydrogen-bond acceptors (Lipinski definition) is 4. The van der Waals surface area contributed by atoms with Crippen molar-refractivity contribution in [1.29, 1.82) is 5.41 Å². The summed E-state index contributed by atoms with van der Waals surface area (Å²) in [4.78, 5) is 11.7. The van der Waals surface area contributed by atoms with E-state index in [0.717, 1.165) is 0 Å². The molecule has 0 atom stereocenters. The van der Waals surface area contributed by atoms with Gasteiger partial charge in [-0.25, -0.2) is 9.18 Å². The average Bonchev–Trinajstić information content (AvgIpc) is 2.55. The van der Waals surface area contributed by atoms with Crippen LogP contribution in [0.2, 0.25) is 0 Å². The van der Waals surface area contributed by atoms with Gasteiger partial charge in [-0.3, -0.25) is 0 Å². The van der Waals surface area contributed by atoms with Gasteiger partial charge in [0.05, 0.1) is 6.61 Å². The maximum atomic E-state index is 13.8. The minimum atomic E-state index is -4.95. The Labute approximate surface area is 140 Å². The monoisotopic (exact) mass is 354 g/mol. The van der Waals surface area contributed by atoms with Crippen molar-refractivity contribution in [2.75, 3.05) is 11.9 Å². The van der Waals surface area contributed by atoms with Crippen LogP contribution in [-0.2, 0) is 9.53 Å². The van der Waals surface area contributed by atoms with Crippen molar-refractivity contribution in [3.05, 3.63) is 53.5 Å². The number of carbonyl (C=O) groups excluding carboxylic acids is 1. The van der Waals surface area contributed by atoms with E-state index in [1.54, 1.807) is 0 Å². The molecule has 0 fully saturated rings. The molecule has 0 amide bonds. The molecule has 0 saturated heterocycles. The first-order chi connectivity index (χ1) is 11.8. The van der Waals surface area contributed by atoms with Crippen molar-refractivity contribution in [2.24, 2.45) is 0 Å². The summed E-state index contributed by atoms with van der Waals surface area (Å²) in [7, 11) is 0. The summed E-state index contributed by atoms with van der Waals surface area (Å²) in [6.07, 6.45) is -4.67. The number of hydrogen-bond donors (Lipinski definition) is 2. The van der Waals surface area contributed by atoms with E-state index in [0.29, 0.717) is 0 Å². The second-order valence-corrected chi connectivity index (χ2v) is 4.92. The lowest BCUT2D eigenvalue weighted by Crippen LogP contribution is -2.25. The number of anilines is 1. The van der Waals surface area contributed by atoms with Gasteiger partial charge in [-0.15, -0.1) is 0 Å². The fourth-order valence-electron chi connectivity index (χ4n) is 2.25. The first-order valence-electron chi connectivity index (χ1n) is 7.23. The molecule has 132 valence electrons. The molecule has 0 spiro atoms. The van der Waals surface area contributed by atoms with Crippen LogP contribution in [0.25, 0.3) is 10.8 Å². The van der Waals surface area contributed by atoms with E-state index in [1.165, 1.54) is 43.3 Å². The van der Waals surface area contributed by atoms with Gasteiger partial charge in [-0.2, -0.15) is 13.2 Å². The third-order valence-corrected chi connectivity index (χ3v) is 3.32. The molecule has 0 radical (unpaired) electrons. The molecule has 2 rings (SSSR count). The first kappa shape index (κ1) is 18.4. The van der Waals surface area contributed by atoms with Gasteiger partial charge in [-0.05, 0) is 19.1 Å². The van der Waals surface area contributed by atoms with Gasteiger partial charge in [0.1, 0.15) is 17.1 Å². The zero-order valence-electron chi connectivity index (χ0n) is 13.1. The van der Waals surface area contributed by atoms with Crippen LogP contribution >= 0.6 is 0 Å². The lowest BCUT2D eigenvalue weighted by Gasteiger charge is -2.18. The molecule has 0 saturated carbocycles. The molecule has 8 heteroatoms. The van der Waals surface area contributed by atoms with Gasteiger partial charge in [0.25, 0.3) is 0 Å². The largest absolute Gasteiger partial charge is 0.462 e. The lowest BCUT2D eigenvalue weighted by molar-refractivity contribution is -0.139. The predicted octanol–water partition coefficient (Wildman–Crippen LogP) is 4.42. The van der Waals surface area contributed by atoms with Crippen molar-refractivity contribution < 1.29 is 27.1 Å². The standard InChI is InChI=1S/C17H14F4N2O2/c1-2-25-16(24)12(9-22)15(17(19,20)21)23-14-8-4-5-10-11(14)6-3-7-13(10)18/h3-9,22-23H,2H2,1H3/b15-12+,22-9?. The summed E-state index contributed by atoms with van der Waals surface area (Å²) in [6.45, 7) is 1.30. The van der Waals surface area contributed by atoms with E-state index < -0.39 is 29.2 Å². The fraction of sp³-hybridized carbons (Fsp3) is 0.176. The number of halogens is 4. The summed E-state index contributed by atoms with van der Waals surface area (Å²) in [6, 6.07) is 8.13. The van der Waals surface area contributed by atoms with Gasteiger partial charge >= 0.3 is 12.1 Å². The summed E-state index contributed by atoms with van der Waals surface area (Å²) in [5, 5.41) is 9.61. The molecule has 4 nitrogen and oxygen atoms in total. The molecule has 25 heavy (non-hydrogen) atoms. The maximum Gasteiger partial charge on any atom is 0.432 e. The average molecular weight is 354 g/mol. The van der Waals surface area contributed by atoms with Crippen molar-refractivity contribution in [3.8, 4) is 0 Å². The molecule has 0 aromatic heterocycles. The van der Waals surface area contributed by atoms with Gasteiger partial charge in [-0.1, -0.05) is 24.3 Å². The highest BCUT2D eigenvalue weighted by Crippen LogP contribution is 2.33. The predicted molar refractivity (Wildman–Crippen MR) is 86.0 cm³/mol. The summed E-state index contributed by atoms with van der Waals surface area (Å²) in [5.74, 6) is -1.86. The molecule has 0 aliphatic carbocycles. The van der Waals surface area contributed by atoms with Crippen LogP contribution in [-0.4, -0.2) is 25.0 Å². The molecular formula is C17H14F4N2O2. The Bertz CT molecular complexity index is 844. The third-order valence-electron chi connectivity index (χ3n) is 3.32. The van der Waals surface area contributed by atoms with Crippen molar-refractivity contribution in [2.45, 2.75) is 13.1 Å².